The lowest BCUT2D eigenvalue weighted by Gasteiger charge is -2.17. The zero-order valence-electron chi connectivity index (χ0n) is 20.2. The van der Waals surface area contributed by atoms with Gasteiger partial charge >= 0.3 is 5.97 Å². The number of aliphatic carboxylic acids is 1. The Kier molecular flexibility index (Phi) is 7.04. The number of aromatic nitrogens is 1. The van der Waals surface area contributed by atoms with Crippen LogP contribution in [0.25, 0.3) is 10.9 Å². The molecule has 0 bridgehead atoms. The third-order valence-electron chi connectivity index (χ3n) is 5.95. The molecule has 4 rings (SSSR count). The molecule has 1 saturated heterocycles. The second-order valence-corrected chi connectivity index (χ2v) is 12.9. The van der Waals surface area contributed by atoms with Crippen LogP contribution in [0, 0.1) is 0 Å². The van der Waals surface area contributed by atoms with E-state index in [1.807, 2.05) is 13.8 Å². The lowest BCUT2D eigenvalue weighted by molar-refractivity contribution is -0.137. The lowest BCUT2D eigenvalue weighted by atomic mass is 9.98. The molecule has 0 radical (unpaired) electrons. The summed E-state index contributed by atoms with van der Waals surface area (Å²) in [6, 6.07) is 11.3. The number of fused-ring (bicyclic) bond motifs is 1. The molecule has 0 amide bonds. The van der Waals surface area contributed by atoms with E-state index in [4.69, 9.17) is 4.74 Å². The van der Waals surface area contributed by atoms with E-state index < -0.39 is 26.0 Å². The van der Waals surface area contributed by atoms with Crippen LogP contribution >= 0.6 is 0 Å². The standard InChI is InChI=1S/C24H29N3O7S2/c1-16(2)34-19-5-7-20(8-6-19)36(32,33)27-11-10-17(13-27)22-14-26(15-24(28)29)23-12-18(4-9-21(22)23)25-35(3,30)31/h4-9,12,14,16-17,25H,10-11,13,15H2,1-3H3,(H,28,29). The van der Waals surface area contributed by atoms with E-state index in [-0.39, 0.29) is 30.0 Å². The Labute approximate surface area is 210 Å². The van der Waals surface area contributed by atoms with E-state index in [2.05, 4.69) is 4.72 Å². The molecule has 1 unspecified atom stereocenters. The molecule has 1 aliphatic rings. The van der Waals surface area contributed by atoms with Crippen molar-refractivity contribution in [2.45, 2.75) is 43.7 Å². The van der Waals surface area contributed by atoms with E-state index in [9.17, 15) is 26.7 Å². The third-order valence-corrected chi connectivity index (χ3v) is 8.43. The Morgan fingerprint density at radius 1 is 1.14 bits per heavy atom. The van der Waals surface area contributed by atoms with Gasteiger partial charge in [-0.15, -0.1) is 0 Å². The Balaban J connectivity index is 1.62. The molecule has 10 nitrogen and oxygen atoms in total. The minimum Gasteiger partial charge on any atom is -0.491 e. The predicted octanol–water partition coefficient (Wildman–Crippen LogP) is 3.06. The van der Waals surface area contributed by atoms with Gasteiger partial charge in [0.05, 0.1) is 28.5 Å². The first-order valence-corrected chi connectivity index (χ1v) is 14.8. The molecule has 0 aliphatic carbocycles. The van der Waals surface area contributed by atoms with Gasteiger partial charge in [0.15, 0.2) is 0 Å². The van der Waals surface area contributed by atoms with Crippen molar-refractivity contribution in [3.8, 4) is 5.75 Å². The summed E-state index contributed by atoms with van der Waals surface area (Å²) in [4.78, 5) is 11.6. The molecule has 1 atom stereocenters. The monoisotopic (exact) mass is 535 g/mol. The molecule has 1 aliphatic heterocycles. The molecule has 0 saturated carbocycles. The van der Waals surface area contributed by atoms with Crippen molar-refractivity contribution in [2.75, 3.05) is 24.1 Å². The van der Waals surface area contributed by atoms with Gasteiger partial charge in [0.25, 0.3) is 0 Å². The summed E-state index contributed by atoms with van der Waals surface area (Å²) in [5.74, 6) is -0.589. The number of hydrogen-bond acceptors (Lipinski definition) is 6. The molecule has 194 valence electrons. The highest BCUT2D eigenvalue weighted by Crippen LogP contribution is 2.37. The summed E-state index contributed by atoms with van der Waals surface area (Å²) < 4.78 is 60.8. The first-order valence-electron chi connectivity index (χ1n) is 11.4. The molecule has 3 aromatic rings. The van der Waals surface area contributed by atoms with Gasteiger partial charge in [-0.05, 0) is 62.2 Å². The summed E-state index contributed by atoms with van der Waals surface area (Å²) in [5.41, 5.74) is 1.71. The van der Waals surface area contributed by atoms with Crippen LogP contribution in [-0.4, -0.2) is 62.2 Å². The van der Waals surface area contributed by atoms with E-state index in [1.165, 1.54) is 16.4 Å². The van der Waals surface area contributed by atoms with Crippen molar-refractivity contribution in [2.24, 2.45) is 0 Å². The Morgan fingerprint density at radius 2 is 1.83 bits per heavy atom. The molecule has 0 spiro atoms. The summed E-state index contributed by atoms with van der Waals surface area (Å²) in [7, 11) is -7.22. The highest BCUT2D eigenvalue weighted by molar-refractivity contribution is 7.92. The summed E-state index contributed by atoms with van der Waals surface area (Å²) >= 11 is 0. The van der Waals surface area contributed by atoms with Gasteiger partial charge in [-0.3, -0.25) is 9.52 Å². The van der Waals surface area contributed by atoms with E-state index >= 15 is 0 Å². The van der Waals surface area contributed by atoms with Crippen molar-refractivity contribution >= 4 is 42.6 Å². The van der Waals surface area contributed by atoms with Crippen LogP contribution in [0.5, 0.6) is 5.75 Å². The van der Waals surface area contributed by atoms with E-state index in [1.54, 1.807) is 41.1 Å². The largest absolute Gasteiger partial charge is 0.491 e. The fourth-order valence-corrected chi connectivity index (χ4v) is 6.57. The van der Waals surface area contributed by atoms with E-state index in [0.717, 1.165) is 17.2 Å². The minimum absolute atomic E-state index is 0.0201. The van der Waals surface area contributed by atoms with Crippen LogP contribution in [-0.2, 0) is 31.4 Å². The van der Waals surface area contributed by atoms with Crippen LogP contribution in [0.1, 0.15) is 31.7 Å². The van der Waals surface area contributed by atoms with Crippen LogP contribution in [0.4, 0.5) is 5.69 Å². The number of benzene rings is 2. The smallest absolute Gasteiger partial charge is 0.323 e. The maximum absolute atomic E-state index is 13.3. The number of nitrogens with one attached hydrogen (secondary N) is 1. The quantitative estimate of drug-likeness (QED) is 0.430. The third kappa shape index (κ3) is 5.66. The average molecular weight is 536 g/mol. The topological polar surface area (TPSA) is 135 Å². The molecule has 2 N–H and O–H groups in total. The van der Waals surface area contributed by atoms with Crippen molar-refractivity contribution in [1.82, 2.24) is 8.87 Å². The number of carboxylic acid groups (broad SMARTS) is 1. The highest BCUT2D eigenvalue weighted by Gasteiger charge is 2.34. The van der Waals surface area contributed by atoms with Gasteiger partial charge < -0.3 is 14.4 Å². The van der Waals surface area contributed by atoms with Crippen LogP contribution in [0.3, 0.4) is 0 Å². The molecule has 1 aromatic heterocycles. The Hall–Kier alpha value is -3.09. The van der Waals surface area contributed by atoms with Crippen molar-refractivity contribution in [3.63, 3.8) is 0 Å². The summed E-state index contributed by atoms with van der Waals surface area (Å²) in [6.45, 7) is 4.06. The van der Waals surface area contributed by atoms with Crippen LogP contribution in [0.15, 0.2) is 53.6 Å². The Bertz CT molecular complexity index is 1490. The average Bonchev–Trinajstić information content (AvgIpc) is 3.38. The molecule has 2 aromatic carbocycles. The second kappa shape index (κ2) is 9.75. The fraction of sp³-hybridized carbons (Fsp3) is 0.375. The van der Waals surface area contributed by atoms with Gasteiger partial charge in [0, 0.05) is 30.6 Å². The van der Waals surface area contributed by atoms with Crippen molar-refractivity contribution in [3.05, 3.63) is 54.2 Å². The van der Waals surface area contributed by atoms with Crippen molar-refractivity contribution < 1.29 is 31.5 Å². The Morgan fingerprint density at radius 3 is 2.44 bits per heavy atom. The number of anilines is 1. The maximum atomic E-state index is 13.3. The number of nitrogens with zero attached hydrogens (tertiary/aromatic N) is 2. The van der Waals surface area contributed by atoms with Crippen LogP contribution < -0.4 is 9.46 Å². The SMILES string of the molecule is CC(C)Oc1ccc(S(=O)(=O)N2CCC(c3cn(CC(=O)O)c4cc(NS(C)(=O)=O)ccc34)C2)cc1. The first kappa shape index (κ1) is 26.0. The molecule has 1 fully saturated rings. The summed E-state index contributed by atoms with van der Waals surface area (Å²) in [6.07, 6.45) is 3.32. The molecular formula is C24H29N3O7S2. The number of sulfonamides is 2. The number of ether oxygens (including phenoxy) is 1. The molecule has 2 heterocycles. The number of carbonyl (C=O) groups is 1. The highest BCUT2D eigenvalue weighted by atomic mass is 32.2. The summed E-state index contributed by atoms with van der Waals surface area (Å²) in [5, 5.41) is 10.1. The maximum Gasteiger partial charge on any atom is 0.323 e. The molecular weight excluding hydrogens is 506 g/mol. The lowest BCUT2D eigenvalue weighted by Crippen LogP contribution is -2.28. The number of carboxylic acids is 1. The van der Waals surface area contributed by atoms with E-state index in [0.29, 0.717) is 29.9 Å². The number of rotatable bonds is 9. The number of hydrogen-bond donors (Lipinski definition) is 2. The zero-order chi connectivity index (χ0) is 26.3. The zero-order valence-corrected chi connectivity index (χ0v) is 21.8. The van der Waals surface area contributed by atoms with Gasteiger partial charge in [-0.1, -0.05) is 6.07 Å². The molecule has 36 heavy (non-hydrogen) atoms. The van der Waals surface area contributed by atoms with Gasteiger partial charge in [-0.2, -0.15) is 4.31 Å². The van der Waals surface area contributed by atoms with Gasteiger partial charge in [0.2, 0.25) is 20.0 Å². The predicted molar refractivity (Wildman–Crippen MR) is 136 cm³/mol. The fourth-order valence-electron chi connectivity index (χ4n) is 4.51. The van der Waals surface area contributed by atoms with Gasteiger partial charge in [-0.25, -0.2) is 16.8 Å². The minimum atomic E-state index is -3.72. The molecule has 12 heteroatoms. The van der Waals surface area contributed by atoms with Crippen LogP contribution in [0.2, 0.25) is 0 Å². The first-order chi connectivity index (χ1) is 16.8. The normalized spacial score (nSPS) is 17.1. The van der Waals surface area contributed by atoms with Gasteiger partial charge in [0.1, 0.15) is 12.3 Å². The second-order valence-electron chi connectivity index (χ2n) is 9.20. The van der Waals surface area contributed by atoms with Crippen molar-refractivity contribution in [1.29, 1.82) is 0 Å².